The molecule has 18 heavy (non-hydrogen) atoms. The molecule has 0 bridgehead atoms. The third-order valence-corrected chi connectivity index (χ3v) is 3.66. The van der Waals surface area contributed by atoms with Gasteiger partial charge in [-0.15, -0.1) is 11.6 Å². The van der Waals surface area contributed by atoms with Gasteiger partial charge in [-0.1, -0.05) is 6.07 Å². The summed E-state index contributed by atoms with van der Waals surface area (Å²) in [5.41, 5.74) is 5.23. The molecule has 3 heteroatoms. The van der Waals surface area contributed by atoms with Gasteiger partial charge in [0.2, 0.25) is 0 Å². The highest BCUT2D eigenvalue weighted by atomic mass is 35.5. The van der Waals surface area contributed by atoms with Crippen LogP contribution in [0.3, 0.4) is 0 Å². The molecular formula is C15H24ClNO. The Bertz CT molecular complexity index is 391. The Hall–Kier alpha value is -0.730. The van der Waals surface area contributed by atoms with E-state index in [0.29, 0.717) is 0 Å². The molecule has 0 fully saturated rings. The fraction of sp³-hybridized carbons (Fsp3) is 0.600. The average molecular weight is 270 g/mol. The fourth-order valence-electron chi connectivity index (χ4n) is 2.26. The zero-order valence-electron chi connectivity index (χ0n) is 11.9. The molecule has 1 N–H and O–H groups in total. The molecule has 2 nitrogen and oxygen atoms in total. The average Bonchev–Trinajstić information content (AvgIpc) is 2.35. The van der Waals surface area contributed by atoms with Crippen LogP contribution in [0.4, 0.5) is 0 Å². The summed E-state index contributed by atoms with van der Waals surface area (Å²) in [6.45, 7) is 8.41. The van der Waals surface area contributed by atoms with Crippen molar-refractivity contribution in [2.75, 3.05) is 26.1 Å². The number of benzene rings is 1. The second-order valence-electron chi connectivity index (χ2n) is 4.68. The second-order valence-corrected chi connectivity index (χ2v) is 5.06. The van der Waals surface area contributed by atoms with E-state index in [1.165, 1.54) is 22.3 Å². The first-order valence-corrected chi connectivity index (χ1v) is 7.05. The second kappa shape index (κ2) is 7.65. The molecule has 1 aromatic rings. The van der Waals surface area contributed by atoms with Gasteiger partial charge in [0, 0.05) is 5.88 Å². The number of rotatable bonds is 7. The predicted molar refractivity (Wildman–Crippen MR) is 79.1 cm³/mol. The van der Waals surface area contributed by atoms with E-state index in [1.54, 1.807) is 7.11 Å². The molecule has 0 amide bonds. The van der Waals surface area contributed by atoms with Crippen LogP contribution in [0.2, 0.25) is 0 Å². The van der Waals surface area contributed by atoms with E-state index in [-0.39, 0.29) is 0 Å². The molecule has 0 heterocycles. The number of hydrogen-bond acceptors (Lipinski definition) is 2. The summed E-state index contributed by atoms with van der Waals surface area (Å²) in [4.78, 5) is 0. The lowest BCUT2D eigenvalue weighted by molar-refractivity contribution is 0.408. The van der Waals surface area contributed by atoms with Gasteiger partial charge in [-0.05, 0) is 69.0 Å². The number of aryl methyl sites for hydroxylation is 1. The molecular weight excluding hydrogens is 246 g/mol. The van der Waals surface area contributed by atoms with Crippen molar-refractivity contribution in [3.63, 3.8) is 0 Å². The molecule has 0 aromatic heterocycles. The van der Waals surface area contributed by atoms with Crippen LogP contribution in [0.1, 0.15) is 28.7 Å². The lowest BCUT2D eigenvalue weighted by atomic mass is 9.96. The lowest BCUT2D eigenvalue weighted by Gasteiger charge is -2.15. The molecule has 0 radical (unpaired) electrons. The number of halogens is 1. The first kappa shape index (κ1) is 15.3. The van der Waals surface area contributed by atoms with Crippen molar-refractivity contribution in [3.8, 4) is 5.75 Å². The third-order valence-electron chi connectivity index (χ3n) is 3.40. The van der Waals surface area contributed by atoms with E-state index in [1.807, 2.05) is 0 Å². The van der Waals surface area contributed by atoms with E-state index in [0.717, 1.165) is 37.6 Å². The smallest absolute Gasteiger partial charge is 0.124 e. The van der Waals surface area contributed by atoms with Crippen LogP contribution in [-0.2, 0) is 6.42 Å². The van der Waals surface area contributed by atoms with Crippen molar-refractivity contribution < 1.29 is 4.74 Å². The predicted octanol–water partition coefficient (Wildman–Crippen LogP) is 3.38. The Morgan fingerprint density at radius 2 is 1.89 bits per heavy atom. The first-order valence-electron chi connectivity index (χ1n) is 6.52. The van der Waals surface area contributed by atoms with Crippen LogP contribution >= 0.6 is 11.6 Å². The highest BCUT2D eigenvalue weighted by Crippen LogP contribution is 2.28. The van der Waals surface area contributed by atoms with Gasteiger partial charge < -0.3 is 10.1 Å². The molecule has 0 unspecified atom stereocenters. The Morgan fingerprint density at radius 3 is 2.50 bits per heavy atom. The molecule has 0 aliphatic carbocycles. The van der Waals surface area contributed by atoms with Crippen molar-refractivity contribution in [2.24, 2.45) is 0 Å². The molecule has 0 saturated heterocycles. The lowest BCUT2D eigenvalue weighted by Crippen LogP contribution is -2.19. The van der Waals surface area contributed by atoms with Crippen LogP contribution < -0.4 is 10.1 Å². The van der Waals surface area contributed by atoms with Crippen molar-refractivity contribution in [3.05, 3.63) is 28.3 Å². The molecule has 0 aliphatic rings. The van der Waals surface area contributed by atoms with Gasteiger partial charge >= 0.3 is 0 Å². The quantitative estimate of drug-likeness (QED) is 0.605. The minimum Gasteiger partial charge on any atom is -0.496 e. The topological polar surface area (TPSA) is 21.3 Å². The van der Waals surface area contributed by atoms with Crippen molar-refractivity contribution in [1.29, 1.82) is 0 Å². The van der Waals surface area contributed by atoms with Gasteiger partial charge in [-0.2, -0.15) is 0 Å². The molecule has 0 spiro atoms. The maximum atomic E-state index is 5.64. The largest absolute Gasteiger partial charge is 0.496 e. The van der Waals surface area contributed by atoms with Crippen LogP contribution in [0.5, 0.6) is 5.75 Å². The third kappa shape index (κ3) is 3.89. The number of methoxy groups -OCH3 is 1. The maximum absolute atomic E-state index is 5.64. The van der Waals surface area contributed by atoms with Crippen LogP contribution in [0.25, 0.3) is 0 Å². The van der Waals surface area contributed by atoms with Crippen molar-refractivity contribution in [1.82, 2.24) is 5.32 Å². The molecule has 1 rings (SSSR count). The number of hydrogen-bond donors (Lipinski definition) is 1. The highest BCUT2D eigenvalue weighted by molar-refractivity contribution is 6.17. The van der Waals surface area contributed by atoms with Gasteiger partial charge in [0.15, 0.2) is 0 Å². The number of ether oxygens (including phenoxy) is 1. The minimum absolute atomic E-state index is 0.729. The number of alkyl halides is 1. The zero-order chi connectivity index (χ0) is 13.5. The minimum atomic E-state index is 0.729. The van der Waals surface area contributed by atoms with Crippen molar-refractivity contribution in [2.45, 2.75) is 33.6 Å². The molecule has 1 aromatic carbocycles. The van der Waals surface area contributed by atoms with Crippen LogP contribution in [-0.4, -0.2) is 26.1 Å². The summed E-state index contributed by atoms with van der Waals surface area (Å²) in [6, 6.07) is 2.24. The highest BCUT2D eigenvalue weighted by Gasteiger charge is 2.10. The normalized spacial score (nSPS) is 10.7. The Balaban J connectivity index is 2.66. The van der Waals surface area contributed by atoms with E-state index in [2.05, 4.69) is 32.2 Å². The van der Waals surface area contributed by atoms with Crippen LogP contribution in [0, 0.1) is 20.8 Å². The summed E-state index contributed by atoms with van der Waals surface area (Å²) in [6.07, 6.45) is 2.08. The Morgan fingerprint density at radius 1 is 1.17 bits per heavy atom. The summed E-state index contributed by atoms with van der Waals surface area (Å²) < 4.78 is 5.44. The van der Waals surface area contributed by atoms with Gasteiger partial charge in [0.1, 0.15) is 5.75 Å². The summed E-state index contributed by atoms with van der Waals surface area (Å²) in [7, 11) is 1.74. The first-order chi connectivity index (χ1) is 8.61. The number of nitrogens with one attached hydrogen (secondary N) is 1. The van der Waals surface area contributed by atoms with E-state index in [9.17, 15) is 0 Å². The molecule has 0 aliphatic heterocycles. The fourth-order valence-corrected chi connectivity index (χ4v) is 2.39. The zero-order valence-corrected chi connectivity index (χ0v) is 12.7. The van der Waals surface area contributed by atoms with Crippen molar-refractivity contribution >= 4 is 11.6 Å². The molecule has 0 atom stereocenters. The SMILES string of the molecule is COc1c(C)cc(CCNCCCCl)c(C)c1C. The maximum Gasteiger partial charge on any atom is 0.124 e. The van der Waals surface area contributed by atoms with Gasteiger partial charge in [-0.25, -0.2) is 0 Å². The summed E-state index contributed by atoms with van der Waals surface area (Å²) in [5.74, 6) is 1.75. The Kier molecular flexibility index (Phi) is 6.51. The summed E-state index contributed by atoms with van der Waals surface area (Å²) in [5, 5.41) is 3.41. The molecule has 102 valence electrons. The standard InChI is InChI=1S/C15H24ClNO/c1-11-10-14(6-9-17-8-5-7-16)12(2)13(3)15(11)18-4/h10,17H,5-9H2,1-4H3. The van der Waals surface area contributed by atoms with Gasteiger partial charge in [-0.3, -0.25) is 0 Å². The van der Waals surface area contributed by atoms with E-state index in [4.69, 9.17) is 16.3 Å². The van der Waals surface area contributed by atoms with Gasteiger partial charge in [0.05, 0.1) is 7.11 Å². The molecule has 0 saturated carbocycles. The van der Waals surface area contributed by atoms with E-state index < -0.39 is 0 Å². The summed E-state index contributed by atoms with van der Waals surface area (Å²) >= 11 is 5.64. The monoisotopic (exact) mass is 269 g/mol. The van der Waals surface area contributed by atoms with E-state index >= 15 is 0 Å². The van der Waals surface area contributed by atoms with Crippen LogP contribution in [0.15, 0.2) is 6.07 Å². The Labute approximate surface area is 116 Å². The van der Waals surface area contributed by atoms with Gasteiger partial charge in [0.25, 0.3) is 0 Å².